The van der Waals surface area contributed by atoms with Gasteiger partial charge in [-0.3, -0.25) is 9.69 Å². The monoisotopic (exact) mass is 280 g/mol. The molecule has 0 aromatic carbocycles. The Bertz CT molecular complexity index is 309. The number of ketones is 1. The standard InChI is InChI=1S/C17H32N2O/c1-17(2,3)19-13-15(14-19)7-8-16(20)9-12-18-10-5-4-6-11-18/h15H,4-14H2,1-3H3. The normalized spacial score (nSPS) is 22.8. The number of piperidine rings is 1. The zero-order valence-electron chi connectivity index (χ0n) is 13.7. The summed E-state index contributed by atoms with van der Waals surface area (Å²) < 4.78 is 0. The van der Waals surface area contributed by atoms with Crippen molar-refractivity contribution >= 4 is 5.78 Å². The van der Waals surface area contributed by atoms with Crippen LogP contribution in [0, 0.1) is 5.92 Å². The highest BCUT2D eigenvalue weighted by Gasteiger charge is 2.33. The van der Waals surface area contributed by atoms with E-state index in [1.807, 2.05) is 0 Å². The number of hydrogen-bond donors (Lipinski definition) is 0. The zero-order valence-corrected chi connectivity index (χ0v) is 13.7. The van der Waals surface area contributed by atoms with Crippen LogP contribution >= 0.6 is 0 Å². The summed E-state index contributed by atoms with van der Waals surface area (Å²) in [5.41, 5.74) is 0.300. The molecule has 0 saturated carbocycles. The highest BCUT2D eigenvalue weighted by Crippen LogP contribution is 2.28. The first kappa shape index (κ1) is 16.0. The second-order valence-corrected chi connectivity index (χ2v) is 7.67. The Morgan fingerprint density at radius 1 is 1.05 bits per heavy atom. The van der Waals surface area contributed by atoms with Crippen LogP contribution in [0.2, 0.25) is 0 Å². The molecule has 0 atom stereocenters. The number of likely N-dealkylation sites (tertiary alicyclic amines) is 2. The lowest BCUT2D eigenvalue weighted by atomic mass is 9.88. The predicted molar refractivity (Wildman–Crippen MR) is 84.0 cm³/mol. The van der Waals surface area contributed by atoms with Crippen molar-refractivity contribution in [2.45, 2.75) is 64.8 Å². The Morgan fingerprint density at radius 3 is 2.30 bits per heavy atom. The van der Waals surface area contributed by atoms with Crippen LogP contribution in [0.4, 0.5) is 0 Å². The molecule has 0 aromatic heterocycles. The van der Waals surface area contributed by atoms with Gasteiger partial charge < -0.3 is 4.90 Å². The van der Waals surface area contributed by atoms with Crippen LogP contribution in [0.25, 0.3) is 0 Å². The van der Waals surface area contributed by atoms with Crippen LogP contribution in [-0.4, -0.2) is 53.8 Å². The summed E-state index contributed by atoms with van der Waals surface area (Å²) in [6.07, 6.45) is 6.69. The minimum absolute atomic E-state index is 0.300. The van der Waals surface area contributed by atoms with Gasteiger partial charge in [-0.2, -0.15) is 0 Å². The zero-order chi connectivity index (χ0) is 14.6. The van der Waals surface area contributed by atoms with Gasteiger partial charge in [-0.1, -0.05) is 6.42 Å². The molecule has 116 valence electrons. The van der Waals surface area contributed by atoms with E-state index in [2.05, 4.69) is 30.6 Å². The SMILES string of the molecule is CC(C)(C)N1CC(CCC(=O)CCN2CCCCC2)C1. The lowest BCUT2D eigenvalue weighted by Gasteiger charge is -2.47. The molecule has 0 spiro atoms. The first-order chi connectivity index (χ1) is 9.45. The van der Waals surface area contributed by atoms with Gasteiger partial charge in [0.2, 0.25) is 0 Å². The van der Waals surface area contributed by atoms with Crippen molar-refractivity contribution in [1.82, 2.24) is 9.80 Å². The number of carbonyl (C=O) groups is 1. The lowest BCUT2D eigenvalue weighted by molar-refractivity contribution is -0.120. The van der Waals surface area contributed by atoms with Crippen molar-refractivity contribution in [3.8, 4) is 0 Å². The van der Waals surface area contributed by atoms with E-state index in [0.717, 1.165) is 31.7 Å². The highest BCUT2D eigenvalue weighted by atomic mass is 16.1. The van der Waals surface area contributed by atoms with E-state index in [4.69, 9.17) is 0 Å². The number of rotatable bonds is 6. The van der Waals surface area contributed by atoms with Gasteiger partial charge in [-0.25, -0.2) is 0 Å². The maximum absolute atomic E-state index is 12.0. The van der Waals surface area contributed by atoms with E-state index in [9.17, 15) is 4.79 Å². The van der Waals surface area contributed by atoms with Crippen molar-refractivity contribution in [1.29, 1.82) is 0 Å². The molecule has 2 rings (SSSR count). The molecule has 3 nitrogen and oxygen atoms in total. The van der Waals surface area contributed by atoms with Gasteiger partial charge in [0.1, 0.15) is 5.78 Å². The topological polar surface area (TPSA) is 23.6 Å². The number of hydrogen-bond acceptors (Lipinski definition) is 3. The molecule has 0 aromatic rings. The third-order valence-electron chi connectivity index (χ3n) is 4.89. The fraction of sp³-hybridized carbons (Fsp3) is 0.941. The fourth-order valence-corrected chi connectivity index (χ4v) is 3.26. The minimum Gasteiger partial charge on any atom is -0.303 e. The molecule has 2 fully saturated rings. The quantitative estimate of drug-likeness (QED) is 0.747. The van der Waals surface area contributed by atoms with Crippen molar-refractivity contribution in [2.75, 3.05) is 32.7 Å². The molecule has 0 amide bonds. The van der Waals surface area contributed by atoms with Gasteiger partial charge >= 0.3 is 0 Å². The third kappa shape index (κ3) is 4.85. The molecule has 3 heteroatoms. The molecule has 0 bridgehead atoms. The van der Waals surface area contributed by atoms with Crippen molar-refractivity contribution in [2.24, 2.45) is 5.92 Å². The second-order valence-electron chi connectivity index (χ2n) is 7.67. The van der Waals surface area contributed by atoms with E-state index in [1.165, 1.54) is 45.4 Å². The molecule has 2 aliphatic rings. The van der Waals surface area contributed by atoms with Gasteiger partial charge in [-0.15, -0.1) is 0 Å². The number of Topliss-reactive ketones (excluding diaryl/α,β-unsaturated/α-hetero) is 1. The highest BCUT2D eigenvalue weighted by molar-refractivity contribution is 5.78. The second kappa shape index (κ2) is 7.04. The molecule has 0 unspecified atom stereocenters. The summed E-state index contributed by atoms with van der Waals surface area (Å²) >= 11 is 0. The largest absolute Gasteiger partial charge is 0.303 e. The molecule has 2 aliphatic heterocycles. The van der Waals surface area contributed by atoms with Gasteiger partial charge in [0, 0.05) is 38.0 Å². The van der Waals surface area contributed by atoms with E-state index in [0.29, 0.717) is 11.3 Å². The molecule has 20 heavy (non-hydrogen) atoms. The molecule has 0 N–H and O–H groups in total. The summed E-state index contributed by atoms with van der Waals surface area (Å²) in [4.78, 5) is 16.9. The van der Waals surface area contributed by atoms with Crippen LogP contribution in [0.1, 0.15) is 59.3 Å². The Balaban J connectivity index is 1.53. The first-order valence-corrected chi connectivity index (χ1v) is 8.44. The summed E-state index contributed by atoms with van der Waals surface area (Å²) in [5, 5.41) is 0. The average Bonchev–Trinajstić information content (AvgIpc) is 2.34. The minimum atomic E-state index is 0.300. The molecule has 2 saturated heterocycles. The lowest BCUT2D eigenvalue weighted by Crippen LogP contribution is -2.55. The van der Waals surface area contributed by atoms with Crippen molar-refractivity contribution < 1.29 is 4.79 Å². The predicted octanol–water partition coefficient (Wildman–Crippen LogP) is 2.94. The summed E-state index contributed by atoms with van der Waals surface area (Å²) in [5.74, 6) is 1.23. The van der Waals surface area contributed by atoms with E-state index >= 15 is 0 Å². The van der Waals surface area contributed by atoms with Gasteiger partial charge in [-0.05, 0) is 59.0 Å². The smallest absolute Gasteiger partial charge is 0.134 e. The van der Waals surface area contributed by atoms with Crippen LogP contribution in [0.15, 0.2) is 0 Å². The molecule has 0 radical (unpaired) electrons. The maximum Gasteiger partial charge on any atom is 0.134 e. The average molecular weight is 280 g/mol. The van der Waals surface area contributed by atoms with Crippen molar-refractivity contribution in [3.63, 3.8) is 0 Å². The molecule has 0 aliphatic carbocycles. The maximum atomic E-state index is 12.0. The van der Waals surface area contributed by atoms with Crippen LogP contribution < -0.4 is 0 Å². The number of carbonyl (C=O) groups excluding carboxylic acids is 1. The van der Waals surface area contributed by atoms with Crippen molar-refractivity contribution in [3.05, 3.63) is 0 Å². The summed E-state index contributed by atoms with van der Waals surface area (Å²) in [6, 6.07) is 0. The summed E-state index contributed by atoms with van der Waals surface area (Å²) in [7, 11) is 0. The van der Waals surface area contributed by atoms with E-state index in [1.54, 1.807) is 0 Å². The van der Waals surface area contributed by atoms with Crippen LogP contribution in [0.5, 0.6) is 0 Å². The molecular weight excluding hydrogens is 248 g/mol. The summed E-state index contributed by atoms with van der Waals surface area (Å²) in [6.45, 7) is 12.6. The Labute approximate surface area is 124 Å². The third-order valence-corrected chi connectivity index (χ3v) is 4.89. The Morgan fingerprint density at radius 2 is 1.70 bits per heavy atom. The molecular formula is C17H32N2O. The Hall–Kier alpha value is -0.410. The van der Waals surface area contributed by atoms with Crippen LogP contribution in [-0.2, 0) is 4.79 Å². The van der Waals surface area contributed by atoms with Gasteiger partial charge in [0.05, 0.1) is 0 Å². The van der Waals surface area contributed by atoms with Crippen LogP contribution in [0.3, 0.4) is 0 Å². The van der Waals surface area contributed by atoms with Gasteiger partial charge in [0.15, 0.2) is 0 Å². The Kier molecular flexibility index (Phi) is 5.62. The van der Waals surface area contributed by atoms with Gasteiger partial charge in [0.25, 0.3) is 0 Å². The van der Waals surface area contributed by atoms with E-state index in [-0.39, 0.29) is 0 Å². The first-order valence-electron chi connectivity index (χ1n) is 8.44. The fourth-order valence-electron chi connectivity index (χ4n) is 3.26. The number of nitrogens with zero attached hydrogens (tertiary/aromatic N) is 2. The molecule has 2 heterocycles. The van der Waals surface area contributed by atoms with E-state index < -0.39 is 0 Å².